The van der Waals surface area contributed by atoms with Gasteiger partial charge in [-0.15, -0.1) is 0 Å². The summed E-state index contributed by atoms with van der Waals surface area (Å²) in [5.41, 5.74) is 0.177. The van der Waals surface area contributed by atoms with E-state index in [-0.39, 0.29) is 5.52 Å². The molecular weight excluding hydrogens is 419 g/mol. The molecule has 0 aliphatic carbocycles. The normalized spacial score (nSPS) is 26.3. The molecule has 2 aromatic rings. The lowest BCUT2D eigenvalue weighted by atomic mass is 9.99. The highest BCUT2D eigenvalue weighted by atomic mass is 32.1. The van der Waals surface area contributed by atoms with E-state index in [0.29, 0.717) is 16.0 Å². The zero-order valence-corrected chi connectivity index (χ0v) is 13.2. The Balaban J connectivity index is 1.96. The summed E-state index contributed by atoms with van der Waals surface area (Å²) in [5.74, 6) is -28.7. The van der Waals surface area contributed by atoms with Crippen LogP contribution in [-0.4, -0.2) is 40.6 Å². The lowest BCUT2D eigenvalue weighted by Crippen LogP contribution is -2.63. The Morgan fingerprint density at radius 1 is 1.04 bits per heavy atom. The molecule has 1 fully saturated rings. The van der Waals surface area contributed by atoms with E-state index in [2.05, 4.69) is 9.72 Å². The lowest BCUT2D eigenvalue weighted by Gasteiger charge is -2.31. The van der Waals surface area contributed by atoms with Crippen LogP contribution in [0.15, 0.2) is 24.3 Å². The Kier molecular flexibility index (Phi) is 3.98. The number of fused-ring (bicyclic) bond motifs is 1. The number of nitrogens with one attached hydrogen (secondary N) is 1. The summed E-state index contributed by atoms with van der Waals surface area (Å²) < 4.78 is 123. The molecule has 0 bridgehead atoms. The maximum absolute atomic E-state index is 14.1. The maximum Gasteiger partial charge on any atom is 0.428 e. The van der Waals surface area contributed by atoms with Gasteiger partial charge in [-0.05, 0) is 12.1 Å². The van der Waals surface area contributed by atoms with Gasteiger partial charge in [0.05, 0.1) is 10.2 Å². The molecule has 1 saturated heterocycles. The van der Waals surface area contributed by atoms with Crippen LogP contribution < -0.4 is 5.32 Å². The van der Waals surface area contributed by atoms with Gasteiger partial charge in [0.1, 0.15) is 0 Å². The molecule has 1 aromatic heterocycles. The van der Waals surface area contributed by atoms with E-state index in [1.165, 1.54) is 29.6 Å². The molecule has 14 heteroatoms. The van der Waals surface area contributed by atoms with Crippen molar-refractivity contribution in [3.63, 3.8) is 0 Å². The SMILES string of the molecule is O=C(Nc1nc2ccccc2s1)C(F)(F)[C@]1(F)OC(F)(F)C(F)(F)C1(F)F. The largest absolute Gasteiger partial charge is 0.428 e. The Hall–Kier alpha value is -2.09. The zero-order valence-electron chi connectivity index (χ0n) is 12.4. The number of benzene rings is 1. The number of nitrogens with zero attached hydrogens (tertiary/aromatic N) is 1. The van der Waals surface area contributed by atoms with Crippen LogP contribution in [0.3, 0.4) is 0 Å². The standard InChI is InChI=1S/C13H5F9N2O2S/c14-9(15,12(20)10(16,17)11(18,19)13(21,22)26-12)7(25)24-8-23-5-3-1-2-4-6(5)27-8/h1-4H,(H,23,24,25)/t12-/m0/s1. The number of hydrogen-bond acceptors (Lipinski definition) is 4. The fraction of sp³-hybridized carbons (Fsp3) is 0.385. The average Bonchev–Trinajstić information content (AvgIpc) is 2.98. The van der Waals surface area contributed by atoms with Gasteiger partial charge in [0.2, 0.25) is 0 Å². The van der Waals surface area contributed by atoms with Crippen LogP contribution >= 0.6 is 11.3 Å². The third kappa shape index (κ3) is 2.42. The number of amides is 1. The van der Waals surface area contributed by atoms with Crippen LogP contribution in [0.25, 0.3) is 10.2 Å². The molecule has 148 valence electrons. The summed E-state index contributed by atoms with van der Waals surface area (Å²) in [5, 5.41) is 0.607. The van der Waals surface area contributed by atoms with Crippen molar-refractivity contribution in [3.8, 4) is 0 Å². The number of rotatable bonds is 3. The molecule has 0 spiro atoms. The number of halogens is 9. The van der Waals surface area contributed by atoms with Crippen molar-refractivity contribution < 1.29 is 49.0 Å². The molecule has 4 nitrogen and oxygen atoms in total. The first kappa shape index (κ1) is 19.7. The van der Waals surface area contributed by atoms with Gasteiger partial charge in [0.15, 0.2) is 5.13 Å². The summed E-state index contributed by atoms with van der Waals surface area (Å²) >= 11 is 0.559. The molecule has 1 atom stereocenters. The molecule has 1 N–H and O–H groups in total. The maximum atomic E-state index is 14.1. The molecule has 1 amide bonds. The van der Waals surface area contributed by atoms with Crippen LogP contribution in [0.1, 0.15) is 0 Å². The molecule has 0 radical (unpaired) electrons. The number of carbonyl (C=O) groups is 1. The van der Waals surface area contributed by atoms with Crippen molar-refractivity contribution in [2.45, 2.75) is 29.7 Å². The van der Waals surface area contributed by atoms with Crippen LogP contribution in [0.2, 0.25) is 0 Å². The van der Waals surface area contributed by atoms with E-state index in [1.54, 1.807) is 0 Å². The summed E-state index contributed by atoms with van der Waals surface area (Å²) in [6.45, 7) is 0. The van der Waals surface area contributed by atoms with Crippen molar-refractivity contribution in [2.75, 3.05) is 5.32 Å². The average molecular weight is 424 g/mol. The minimum atomic E-state index is -6.72. The van der Waals surface area contributed by atoms with Crippen LogP contribution in [0.4, 0.5) is 44.6 Å². The summed E-state index contributed by atoms with van der Waals surface area (Å²) in [6.07, 6.45) is -6.29. The van der Waals surface area contributed by atoms with Crippen molar-refractivity contribution in [1.82, 2.24) is 4.98 Å². The highest BCUT2D eigenvalue weighted by molar-refractivity contribution is 7.22. The topological polar surface area (TPSA) is 51.2 Å². The Bertz CT molecular complexity index is 883. The lowest BCUT2D eigenvalue weighted by molar-refractivity contribution is -0.366. The van der Waals surface area contributed by atoms with Gasteiger partial charge in [-0.25, -0.2) is 4.98 Å². The fourth-order valence-electron chi connectivity index (χ4n) is 2.20. The first-order valence-corrected chi connectivity index (χ1v) is 7.56. The number of thiazole rings is 1. The van der Waals surface area contributed by atoms with E-state index in [1.807, 2.05) is 0 Å². The number of aromatic nitrogens is 1. The van der Waals surface area contributed by atoms with Gasteiger partial charge in [-0.3, -0.25) is 14.8 Å². The molecule has 1 aromatic carbocycles. The molecule has 0 unspecified atom stereocenters. The number of para-hydroxylation sites is 1. The number of anilines is 1. The Labute approximate surface area is 146 Å². The number of carbonyl (C=O) groups excluding carboxylic acids is 1. The predicted octanol–water partition coefficient (Wildman–Crippen LogP) is 4.43. The Morgan fingerprint density at radius 2 is 1.63 bits per heavy atom. The molecule has 2 heterocycles. The van der Waals surface area contributed by atoms with Crippen molar-refractivity contribution in [3.05, 3.63) is 24.3 Å². The highest BCUT2D eigenvalue weighted by Gasteiger charge is 2.96. The van der Waals surface area contributed by atoms with E-state index in [4.69, 9.17) is 0 Å². The second-order valence-electron chi connectivity index (χ2n) is 5.38. The second-order valence-corrected chi connectivity index (χ2v) is 6.41. The zero-order chi connectivity index (χ0) is 20.5. The van der Waals surface area contributed by atoms with Gasteiger partial charge in [0, 0.05) is 0 Å². The van der Waals surface area contributed by atoms with Gasteiger partial charge in [0.25, 0.3) is 0 Å². The molecular formula is C13H5F9N2O2S. The number of ether oxygens (including phenoxy) is 1. The van der Waals surface area contributed by atoms with Crippen LogP contribution in [0.5, 0.6) is 0 Å². The van der Waals surface area contributed by atoms with Crippen molar-refractivity contribution in [2.24, 2.45) is 0 Å². The summed E-state index contributed by atoms with van der Waals surface area (Å²) in [7, 11) is 0. The molecule has 1 aliphatic heterocycles. The van der Waals surface area contributed by atoms with Crippen molar-refractivity contribution >= 4 is 32.6 Å². The van der Waals surface area contributed by atoms with Crippen LogP contribution in [-0.2, 0) is 9.53 Å². The Morgan fingerprint density at radius 3 is 2.15 bits per heavy atom. The van der Waals surface area contributed by atoms with Gasteiger partial charge in [-0.2, -0.15) is 39.5 Å². The van der Waals surface area contributed by atoms with Gasteiger partial charge >= 0.3 is 35.6 Å². The van der Waals surface area contributed by atoms with E-state index >= 15 is 0 Å². The smallest absolute Gasteiger partial charge is 0.296 e. The number of hydrogen-bond donors (Lipinski definition) is 1. The minimum absolute atomic E-state index is 0.177. The first-order valence-electron chi connectivity index (χ1n) is 6.75. The molecule has 0 saturated carbocycles. The van der Waals surface area contributed by atoms with Gasteiger partial charge < -0.3 is 0 Å². The quantitative estimate of drug-likeness (QED) is 0.742. The molecule has 3 rings (SSSR count). The van der Waals surface area contributed by atoms with Crippen LogP contribution in [0, 0.1) is 0 Å². The third-order valence-electron chi connectivity index (χ3n) is 3.64. The highest BCUT2D eigenvalue weighted by Crippen LogP contribution is 2.64. The van der Waals surface area contributed by atoms with Crippen molar-refractivity contribution in [1.29, 1.82) is 0 Å². The van der Waals surface area contributed by atoms with E-state index < -0.39 is 40.8 Å². The second kappa shape index (κ2) is 5.47. The monoisotopic (exact) mass is 424 g/mol. The predicted molar refractivity (Wildman–Crippen MR) is 73.0 cm³/mol. The first-order chi connectivity index (χ1) is 12.2. The summed E-state index contributed by atoms with van der Waals surface area (Å²) in [6, 6.07) is 5.81. The third-order valence-corrected chi connectivity index (χ3v) is 4.59. The van der Waals surface area contributed by atoms with Gasteiger partial charge in [-0.1, -0.05) is 23.5 Å². The fourth-order valence-corrected chi connectivity index (χ4v) is 3.06. The molecule has 27 heavy (non-hydrogen) atoms. The summed E-state index contributed by atoms with van der Waals surface area (Å²) in [4.78, 5) is 15.2. The molecule has 1 aliphatic rings. The van der Waals surface area contributed by atoms with E-state index in [0.717, 1.165) is 0 Å². The van der Waals surface area contributed by atoms with E-state index in [9.17, 15) is 44.3 Å². The number of alkyl halides is 9. The minimum Gasteiger partial charge on any atom is -0.296 e.